The van der Waals surface area contributed by atoms with Crippen LogP contribution in [-0.2, 0) is 4.79 Å². The monoisotopic (exact) mass is 280 g/mol. The third-order valence-electron chi connectivity index (χ3n) is 4.03. The van der Waals surface area contributed by atoms with E-state index >= 15 is 0 Å². The molecule has 0 aromatic carbocycles. The van der Waals surface area contributed by atoms with Gasteiger partial charge in [-0.3, -0.25) is 4.79 Å². The summed E-state index contributed by atoms with van der Waals surface area (Å²) in [5.74, 6) is 0.0745. The van der Waals surface area contributed by atoms with Gasteiger partial charge in [-0.05, 0) is 32.1 Å². The number of rotatable bonds is 4. The fraction of sp³-hybridized carbons (Fsp3) is 0.882. The second-order valence-electron chi connectivity index (χ2n) is 6.00. The van der Waals surface area contributed by atoms with E-state index in [1.807, 2.05) is 0 Å². The quantitative estimate of drug-likeness (QED) is 0.727. The van der Waals surface area contributed by atoms with Crippen LogP contribution < -0.4 is 5.43 Å². The van der Waals surface area contributed by atoms with E-state index in [-0.39, 0.29) is 5.91 Å². The minimum Gasteiger partial charge on any atom is -0.273 e. The topological polar surface area (TPSA) is 41.5 Å². The zero-order chi connectivity index (χ0) is 14.5. The van der Waals surface area contributed by atoms with Crippen molar-refractivity contribution < 1.29 is 4.79 Å². The Bertz CT molecular complexity index is 273. The molecule has 1 amide bonds. The number of nitrogens with zero attached hydrogens (tertiary/aromatic N) is 1. The van der Waals surface area contributed by atoms with Crippen molar-refractivity contribution in [2.75, 3.05) is 0 Å². The fourth-order valence-electron chi connectivity index (χ4n) is 2.67. The van der Waals surface area contributed by atoms with Gasteiger partial charge in [0.2, 0.25) is 5.91 Å². The molecule has 0 aliphatic heterocycles. The minimum atomic E-state index is 0.0745. The summed E-state index contributed by atoms with van der Waals surface area (Å²) < 4.78 is 0. The lowest BCUT2D eigenvalue weighted by atomic mass is 10.00. The van der Waals surface area contributed by atoms with Crippen molar-refractivity contribution in [1.82, 2.24) is 5.43 Å². The third-order valence-corrected chi connectivity index (χ3v) is 4.03. The Labute approximate surface area is 124 Å². The molecule has 1 saturated carbocycles. The second-order valence-corrected chi connectivity index (χ2v) is 6.00. The summed E-state index contributed by atoms with van der Waals surface area (Å²) in [7, 11) is 0. The smallest absolute Gasteiger partial charge is 0.240 e. The highest BCUT2D eigenvalue weighted by atomic mass is 16.2. The highest BCUT2D eigenvalue weighted by molar-refractivity contribution is 5.86. The highest BCUT2D eigenvalue weighted by Gasteiger charge is 2.04. The summed E-state index contributed by atoms with van der Waals surface area (Å²) in [6.45, 7) is 2.10. The number of unbranched alkanes of at least 4 members (excludes halogenated alkanes) is 1. The van der Waals surface area contributed by atoms with Gasteiger partial charge in [-0.15, -0.1) is 0 Å². The van der Waals surface area contributed by atoms with Crippen molar-refractivity contribution >= 4 is 11.6 Å². The molecule has 0 saturated heterocycles. The molecule has 1 rings (SSSR count). The average Bonchev–Trinajstić information content (AvgIpc) is 2.44. The Balaban J connectivity index is 2.35. The molecule has 0 spiro atoms. The van der Waals surface area contributed by atoms with Crippen LogP contribution in [0.15, 0.2) is 5.10 Å². The maximum absolute atomic E-state index is 11.6. The van der Waals surface area contributed by atoms with Crippen LogP contribution in [0.1, 0.15) is 96.8 Å². The molecule has 116 valence electrons. The zero-order valence-electron chi connectivity index (χ0n) is 13.3. The lowest BCUT2D eigenvalue weighted by Crippen LogP contribution is -2.19. The molecule has 3 heteroatoms. The number of hydrogen-bond donors (Lipinski definition) is 1. The lowest BCUT2D eigenvalue weighted by Gasteiger charge is -2.09. The predicted octanol–water partition coefficient (Wildman–Crippen LogP) is 4.95. The summed E-state index contributed by atoms with van der Waals surface area (Å²) >= 11 is 0. The van der Waals surface area contributed by atoms with E-state index in [9.17, 15) is 4.79 Å². The molecule has 3 nitrogen and oxygen atoms in total. The molecule has 0 aromatic rings. The summed E-state index contributed by atoms with van der Waals surface area (Å²) in [6.07, 6.45) is 16.7. The standard InChI is InChI=1S/C17H32N2O/c1-2-3-15-17(20)19-18-16-13-11-9-7-5-4-6-8-10-12-14-16/h2-15H2,1H3,(H,19,20). The van der Waals surface area contributed by atoms with Crippen molar-refractivity contribution in [3.8, 4) is 0 Å². The largest absolute Gasteiger partial charge is 0.273 e. The van der Waals surface area contributed by atoms with Gasteiger partial charge < -0.3 is 0 Å². The van der Waals surface area contributed by atoms with Crippen LogP contribution in [0.25, 0.3) is 0 Å². The summed E-state index contributed by atoms with van der Waals surface area (Å²) in [5.41, 5.74) is 3.95. The molecular formula is C17H32N2O. The van der Waals surface area contributed by atoms with E-state index in [2.05, 4.69) is 17.5 Å². The van der Waals surface area contributed by atoms with Gasteiger partial charge >= 0.3 is 0 Å². The zero-order valence-corrected chi connectivity index (χ0v) is 13.3. The van der Waals surface area contributed by atoms with E-state index in [4.69, 9.17) is 0 Å². The average molecular weight is 280 g/mol. The first-order valence-electron chi connectivity index (χ1n) is 8.67. The van der Waals surface area contributed by atoms with Crippen LogP contribution in [0.2, 0.25) is 0 Å². The van der Waals surface area contributed by atoms with Crippen LogP contribution in [0, 0.1) is 0 Å². The van der Waals surface area contributed by atoms with Gasteiger partial charge in [0.1, 0.15) is 0 Å². The van der Waals surface area contributed by atoms with Gasteiger partial charge in [-0.2, -0.15) is 5.10 Å². The lowest BCUT2D eigenvalue weighted by molar-refractivity contribution is -0.121. The Morgan fingerprint density at radius 2 is 1.45 bits per heavy atom. The van der Waals surface area contributed by atoms with Crippen LogP contribution in [0.3, 0.4) is 0 Å². The van der Waals surface area contributed by atoms with Crippen LogP contribution >= 0.6 is 0 Å². The van der Waals surface area contributed by atoms with Gasteiger partial charge in [0.15, 0.2) is 0 Å². The van der Waals surface area contributed by atoms with Gasteiger partial charge in [0.05, 0.1) is 0 Å². The van der Waals surface area contributed by atoms with Crippen molar-refractivity contribution in [1.29, 1.82) is 0 Å². The molecule has 0 atom stereocenters. The molecule has 1 aliphatic carbocycles. The molecule has 20 heavy (non-hydrogen) atoms. The summed E-state index contributed by atoms with van der Waals surface area (Å²) in [4.78, 5) is 11.6. The maximum atomic E-state index is 11.6. The normalized spacial score (nSPS) is 18.8. The number of amides is 1. The SMILES string of the molecule is CCCCC(=O)NN=C1CCCCCCCCCCC1. The molecule has 1 N–H and O–H groups in total. The number of carbonyl (C=O) groups is 1. The van der Waals surface area contributed by atoms with Crippen molar-refractivity contribution in [3.05, 3.63) is 0 Å². The Morgan fingerprint density at radius 3 is 1.95 bits per heavy atom. The molecular weight excluding hydrogens is 248 g/mol. The molecule has 0 radical (unpaired) electrons. The first-order valence-corrected chi connectivity index (χ1v) is 8.67. The van der Waals surface area contributed by atoms with E-state index in [1.165, 1.54) is 63.5 Å². The molecule has 0 bridgehead atoms. The number of carbonyl (C=O) groups excluding carboxylic acids is 1. The first kappa shape index (κ1) is 17.2. The molecule has 1 aliphatic rings. The molecule has 0 aromatic heterocycles. The Morgan fingerprint density at radius 1 is 0.950 bits per heavy atom. The van der Waals surface area contributed by atoms with Crippen molar-refractivity contribution in [3.63, 3.8) is 0 Å². The van der Waals surface area contributed by atoms with Crippen LogP contribution in [-0.4, -0.2) is 11.6 Å². The second kappa shape index (κ2) is 11.9. The Hall–Kier alpha value is -0.860. The van der Waals surface area contributed by atoms with Gasteiger partial charge in [-0.25, -0.2) is 5.43 Å². The van der Waals surface area contributed by atoms with Crippen LogP contribution in [0.5, 0.6) is 0 Å². The fourth-order valence-corrected chi connectivity index (χ4v) is 2.67. The predicted molar refractivity (Wildman–Crippen MR) is 85.9 cm³/mol. The number of hydrazone groups is 1. The van der Waals surface area contributed by atoms with E-state index in [1.54, 1.807) is 0 Å². The summed E-state index contributed by atoms with van der Waals surface area (Å²) in [5, 5.41) is 4.38. The van der Waals surface area contributed by atoms with Gasteiger partial charge in [0, 0.05) is 12.1 Å². The highest BCUT2D eigenvalue weighted by Crippen LogP contribution is 2.15. The van der Waals surface area contributed by atoms with Gasteiger partial charge in [-0.1, -0.05) is 58.3 Å². The molecule has 0 heterocycles. The van der Waals surface area contributed by atoms with Crippen LogP contribution in [0.4, 0.5) is 0 Å². The summed E-state index contributed by atoms with van der Waals surface area (Å²) in [6, 6.07) is 0. The number of hydrogen-bond acceptors (Lipinski definition) is 2. The Kier molecular flexibility index (Phi) is 10.3. The molecule has 1 fully saturated rings. The van der Waals surface area contributed by atoms with E-state index < -0.39 is 0 Å². The van der Waals surface area contributed by atoms with E-state index in [0.717, 1.165) is 25.7 Å². The van der Waals surface area contributed by atoms with Crippen molar-refractivity contribution in [2.24, 2.45) is 5.10 Å². The number of nitrogens with one attached hydrogen (secondary N) is 1. The van der Waals surface area contributed by atoms with Crippen molar-refractivity contribution in [2.45, 2.75) is 96.8 Å². The first-order chi connectivity index (χ1) is 9.83. The maximum Gasteiger partial charge on any atom is 0.240 e. The minimum absolute atomic E-state index is 0.0745. The third kappa shape index (κ3) is 9.11. The molecule has 0 unspecified atom stereocenters. The van der Waals surface area contributed by atoms with E-state index in [0.29, 0.717) is 6.42 Å². The van der Waals surface area contributed by atoms with Gasteiger partial charge in [0.25, 0.3) is 0 Å².